The summed E-state index contributed by atoms with van der Waals surface area (Å²) in [5, 5.41) is 12.5. The fourth-order valence-electron chi connectivity index (χ4n) is 3.00. The molecule has 1 fully saturated rings. The van der Waals surface area contributed by atoms with E-state index in [1.165, 1.54) is 13.0 Å². The summed E-state index contributed by atoms with van der Waals surface area (Å²) in [4.78, 5) is 2.51. The highest BCUT2D eigenvalue weighted by Crippen LogP contribution is 2.20. The zero-order valence-corrected chi connectivity index (χ0v) is 13.6. The van der Waals surface area contributed by atoms with Gasteiger partial charge in [-0.1, -0.05) is 13.8 Å². The lowest BCUT2D eigenvalue weighted by atomic mass is 9.94. The van der Waals surface area contributed by atoms with Crippen LogP contribution >= 0.6 is 0 Å². The van der Waals surface area contributed by atoms with Crippen LogP contribution in [0.3, 0.4) is 0 Å². The molecule has 0 radical (unpaired) electrons. The maximum atomic E-state index is 9.22. The van der Waals surface area contributed by atoms with Gasteiger partial charge >= 0.3 is 0 Å². The fraction of sp³-hybridized carbons (Fsp3) is 0.938. The van der Waals surface area contributed by atoms with Gasteiger partial charge in [-0.2, -0.15) is 5.26 Å². The molecule has 0 bridgehead atoms. The van der Waals surface area contributed by atoms with Gasteiger partial charge in [0.15, 0.2) is 0 Å². The minimum absolute atomic E-state index is 0.361. The minimum atomic E-state index is -0.361. The molecule has 3 atom stereocenters. The van der Waals surface area contributed by atoms with Crippen molar-refractivity contribution >= 4 is 0 Å². The number of ether oxygens (including phenoxy) is 1. The Bertz CT molecular complexity index is 315. The van der Waals surface area contributed by atoms with Crippen molar-refractivity contribution in [3.05, 3.63) is 0 Å². The summed E-state index contributed by atoms with van der Waals surface area (Å²) in [7, 11) is 1.82. The number of hydrogen-bond donors (Lipinski definition) is 1. The lowest BCUT2D eigenvalue weighted by Crippen LogP contribution is -2.44. The Kier molecular flexibility index (Phi) is 7.50. The molecule has 0 aromatic rings. The topological polar surface area (TPSA) is 48.3 Å². The number of rotatable bonds is 8. The summed E-state index contributed by atoms with van der Waals surface area (Å²) in [5.41, 5.74) is -0.361. The van der Waals surface area contributed by atoms with Crippen molar-refractivity contribution in [2.45, 2.75) is 58.1 Å². The van der Waals surface area contributed by atoms with E-state index >= 15 is 0 Å². The Hall–Kier alpha value is -0.630. The van der Waals surface area contributed by atoms with Crippen molar-refractivity contribution in [3.8, 4) is 6.07 Å². The molecule has 1 saturated heterocycles. The van der Waals surface area contributed by atoms with Gasteiger partial charge in [0.1, 0.15) is 5.54 Å². The maximum absolute atomic E-state index is 9.22. The Morgan fingerprint density at radius 3 is 2.80 bits per heavy atom. The molecule has 1 N–H and O–H groups in total. The molecule has 20 heavy (non-hydrogen) atoms. The number of methoxy groups -OCH3 is 1. The van der Waals surface area contributed by atoms with Crippen LogP contribution in [-0.4, -0.2) is 49.8 Å². The Labute approximate surface area is 124 Å². The highest BCUT2D eigenvalue weighted by molar-refractivity contribution is 5.03. The standard InChI is InChI=1S/C16H31N3O/c1-5-18-16(3,13-17)9-6-7-10-19-11-8-14(2)15(12-19)20-4/h14-15,18H,5-12H2,1-4H3. The third kappa shape index (κ3) is 5.40. The average Bonchev–Trinajstić information content (AvgIpc) is 2.45. The molecule has 3 unspecified atom stereocenters. The Morgan fingerprint density at radius 1 is 1.45 bits per heavy atom. The van der Waals surface area contributed by atoms with Gasteiger partial charge in [0.2, 0.25) is 0 Å². The first-order chi connectivity index (χ1) is 9.54. The first-order valence-electron chi connectivity index (χ1n) is 7.96. The van der Waals surface area contributed by atoms with Crippen molar-refractivity contribution in [3.63, 3.8) is 0 Å². The predicted molar refractivity (Wildman–Crippen MR) is 82.6 cm³/mol. The van der Waals surface area contributed by atoms with E-state index in [2.05, 4.69) is 30.1 Å². The summed E-state index contributed by atoms with van der Waals surface area (Å²) in [5.74, 6) is 0.673. The number of hydrogen-bond acceptors (Lipinski definition) is 4. The van der Waals surface area contributed by atoms with Crippen LogP contribution in [0.2, 0.25) is 0 Å². The monoisotopic (exact) mass is 281 g/mol. The van der Waals surface area contributed by atoms with Gasteiger partial charge < -0.3 is 9.64 Å². The molecule has 0 spiro atoms. The number of unbranched alkanes of at least 4 members (excludes halogenated alkanes) is 1. The minimum Gasteiger partial charge on any atom is -0.380 e. The third-order valence-electron chi connectivity index (χ3n) is 4.49. The third-order valence-corrected chi connectivity index (χ3v) is 4.49. The van der Waals surface area contributed by atoms with Crippen molar-refractivity contribution in [2.24, 2.45) is 5.92 Å². The smallest absolute Gasteiger partial charge is 0.103 e. The quantitative estimate of drug-likeness (QED) is 0.694. The van der Waals surface area contributed by atoms with Gasteiger partial charge in [-0.15, -0.1) is 0 Å². The number of nitriles is 1. The molecular formula is C16H31N3O. The average molecular weight is 281 g/mol. The van der Waals surface area contributed by atoms with Gasteiger partial charge in [-0.05, 0) is 58.2 Å². The van der Waals surface area contributed by atoms with E-state index < -0.39 is 0 Å². The van der Waals surface area contributed by atoms with Crippen LogP contribution in [0, 0.1) is 17.2 Å². The first kappa shape index (κ1) is 17.4. The number of piperidine rings is 1. The van der Waals surface area contributed by atoms with Crippen LogP contribution in [0.1, 0.15) is 46.5 Å². The first-order valence-corrected chi connectivity index (χ1v) is 7.96. The SMILES string of the molecule is CCNC(C)(C#N)CCCCN1CCC(C)C(OC)C1. The molecule has 4 heteroatoms. The number of nitrogens with one attached hydrogen (secondary N) is 1. The normalized spacial score (nSPS) is 26.9. The zero-order chi connectivity index (χ0) is 15.0. The zero-order valence-electron chi connectivity index (χ0n) is 13.6. The fourth-order valence-corrected chi connectivity index (χ4v) is 3.00. The van der Waals surface area contributed by atoms with Crippen LogP contribution < -0.4 is 5.32 Å². The molecule has 1 aliphatic rings. The molecule has 0 aromatic heterocycles. The maximum Gasteiger partial charge on any atom is 0.103 e. The van der Waals surface area contributed by atoms with Gasteiger partial charge in [0.25, 0.3) is 0 Å². The molecule has 1 rings (SSSR count). The number of likely N-dealkylation sites (tertiary alicyclic amines) is 1. The molecule has 116 valence electrons. The highest BCUT2D eigenvalue weighted by Gasteiger charge is 2.26. The van der Waals surface area contributed by atoms with E-state index in [1.807, 2.05) is 14.0 Å². The second kappa shape index (κ2) is 8.61. The van der Waals surface area contributed by atoms with E-state index in [0.29, 0.717) is 12.0 Å². The van der Waals surface area contributed by atoms with Gasteiger partial charge in [-0.3, -0.25) is 5.32 Å². The van der Waals surface area contributed by atoms with Crippen LogP contribution in [0.15, 0.2) is 0 Å². The number of nitrogens with zero attached hydrogens (tertiary/aromatic N) is 2. The van der Waals surface area contributed by atoms with Crippen LogP contribution in [0.4, 0.5) is 0 Å². The summed E-state index contributed by atoms with van der Waals surface area (Å²) in [6, 6.07) is 2.40. The van der Waals surface area contributed by atoms with Crippen LogP contribution in [-0.2, 0) is 4.74 Å². The van der Waals surface area contributed by atoms with Crippen LogP contribution in [0.25, 0.3) is 0 Å². The molecule has 0 saturated carbocycles. The van der Waals surface area contributed by atoms with E-state index in [0.717, 1.165) is 38.9 Å². The van der Waals surface area contributed by atoms with E-state index in [1.54, 1.807) is 0 Å². The molecule has 4 nitrogen and oxygen atoms in total. The molecule has 1 aliphatic heterocycles. The van der Waals surface area contributed by atoms with Crippen molar-refractivity contribution in [1.29, 1.82) is 5.26 Å². The predicted octanol–water partition coefficient (Wildman–Crippen LogP) is 2.41. The summed E-state index contributed by atoms with van der Waals surface area (Å²) in [6.07, 6.45) is 4.80. The summed E-state index contributed by atoms with van der Waals surface area (Å²) < 4.78 is 5.55. The molecule has 0 aromatic carbocycles. The summed E-state index contributed by atoms with van der Waals surface area (Å²) >= 11 is 0. The second-order valence-corrected chi connectivity index (χ2v) is 6.27. The van der Waals surface area contributed by atoms with Crippen molar-refractivity contribution in [2.75, 3.05) is 33.3 Å². The van der Waals surface area contributed by atoms with Crippen LogP contribution in [0.5, 0.6) is 0 Å². The highest BCUT2D eigenvalue weighted by atomic mass is 16.5. The lowest BCUT2D eigenvalue weighted by Gasteiger charge is -2.36. The molecule has 0 aliphatic carbocycles. The Balaban J connectivity index is 2.23. The van der Waals surface area contributed by atoms with E-state index in [9.17, 15) is 5.26 Å². The van der Waals surface area contributed by atoms with E-state index in [-0.39, 0.29) is 5.54 Å². The van der Waals surface area contributed by atoms with Gasteiger partial charge in [-0.25, -0.2) is 0 Å². The van der Waals surface area contributed by atoms with Crippen molar-refractivity contribution < 1.29 is 4.74 Å². The molecular weight excluding hydrogens is 250 g/mol. The largest absolute Gasteiger partial charge is 0.380 e. The van der Waals surface area contributed by atoms with E-state index in [4.69, 9.17) is 4.74 Å². The van der Waals surface area contributed by atoms with Gasteiger partial charge in [0.05, 0.1) is 12.2 Å². The summed E-state index contributed by atoms with van der Waals surface area (Å²) in [6.45, 7) is 10.5. The van der Waals surface area contributed by atoms with Gasteiger partial charge in [0, 0.05) is 13.7 Å². The second-order valence-electron chi connectivity index (χ2n) is 6.27. The molecule has 0 amide bonds. The Morgan fingerprint density at radius 2 is 2.20 bits per heavy atom. The molecule has 1 heterocycles. The van der Waals surface area contributed by atoms with Crippen molar-refractivity contribution in [1.82, 2.24) is 10.2 Å². The lowest BCUT2D eigenvalue weighted by molar-refractivity contribution is -0.00532.